The number of carbonyl (C=O) groups is 1. The number of carbonyl (C=O) groups excluding carboxylic acids is 1. The smallest absolute Gasteiger partial charge is 0.244 e. The largest absolute Gasteiger partial charge is 0.371 e. The zero-order valence-electron chi connectivity index (χ0n) is 12.6. The van der Waals surface area contributed by atoms with Crippen molar-refractivity contribution in [2.24, 2.45) is 5.73 Å². The van der Waals surface area contributed by atoms with Crippen molar-refractivity contribution >= 4 is 17.3 Å². The van der Waals surface area contributed by atoms with Gasteiger partial charge in [0.25, 0.3) is 0 Å². The Hall–Kier alpha value is -1.55. The van der Waals surface area contributed by atoms with Crippen LogP contribution in [-0.4, -0.2) is 24.5 Å². The van der Waals surface area contributed by atoms with E-state index in [4.69, 9.17) is 5.73 Å². The van der Waals surface area contributed by atoms with Gasteiger partial charge in [-0.25, -0.2) is 0 Å². The fourth-order valence-corrected chi connectivity index (χ4v) is 3.42. The fraction of sp³-hybridized carbons (Fsp3) is 0.588. The number of benzene rings is 1. The average molecular weight is 287 g/mol. The van der Waals surface area contributed by atoms with E-state index >= 15 is 0 Å². The van der Waals surface area contributed by atoms with Gasteiger partial charge in [-0.1, -0.05) is 25.3 Å². The van der Waals surface area contributed by atoms with Gasteiger partial charge in [-0.15, -0.1) is 0 Å². The molecule has 1 saturated carbocycles. The van der Waals surface area contributed by atoms with E-state index in [1.807, 2.05) is 12.1 Å². The highest BCUT2D eigenvalue weighted by atomic mass is 16.2. The van der Waals surface area contributed by atoms with Crippen LogP contribution >= 0.6 is 0 Å². The molecule has 0 unspecified atom stereocenters. The Labute approximate surface area is 126 Å². The van der Waals surface area contributed by atoms with Gasteiger partial charge in [0.05, 0.1) is 5.54 Å². The second kappa shape index (κ2) is 6.06. The first-order chi connectivity index (χ1) is 10.2. The third kappa shape index (κ3) is 3.21. The van der Waals surface area contributed by atoms with E-state index in [9.17, 15) is 4.79 Å². The number of hydrogen-bond donors (Lipinski definition) is 2. The molecule has 0 aromatic heterocycles. The third-order valence-electron chi connectivity index (χ3n) is 4.77. The minimum Gasteiger partial charge on any atom is -0.371 e. The van der Waals surface area contributed by atoms with Crippen LogP contribution in [0, 0.1) is 0 Å². The maximum atomic E-state index is 12.5. The van der Waals surface area contributed by atoms with Crippen LogP contribution < -0.4 is 16.0 Å². The maximum absolute atomic E-state index is 12.5. The molecule has 1 heterocycles. The SMILES string of the molecule is NC1(C(=O)Nc2cccc(N3CCCC3)c2)CCCCC1. The molecule has 114 valence electrons. The normalized spacial score (nSPS) is 21.3. The van der Waals surface area contributed by atoms with Gasteiger partial charge in [0.15, 0.2) is 0 Å². The lowest BCUT2D eigenvalue weighted by Gasteiger charge is -2.32. The van der Waals surface area contributed by atoms with Crippen molar-refractivity contribution in [1.82, 2.24) is 0 Å². The van der Waals surface area contributed by atoms with Crippen molar-refractivity contribution in [3.05, 3.63) is 24.3 Å². The number of anilines is 2. The molecule has 2 fully saturated rings. The molecule has 1 aromatic rings. The highest BCUT2D eigenvalue weighted by Crippen LogP contribution is 2.28. The number of nitrogens with two attached hydrogens (primary N) is 1. The number of rotatable bonds is 3. The summed E-state index contributed by atoms with van der Waals surface area (Å²) in [7, 11) is 0. The van der Waals surface area contributed by atoms with Crippen molar-refractivity contribution in [2.45, 2.75) is 50.5 Å². The number of amides is 1. The predicted octanol–water partition coefficient (Wildman–Crippen LogP) is 2.89. The fourth-order valence-electron chi connectivity index (χ4n) is 3.42. The first-order valence-corrected chi connectivity index (χ1v) is 8.13. The summed E-state index contributed by atoms with van der Waals surface area (Å²) in [6.07, 6.45) is 7.40. The van der Waals surface area contributed by atoms with Crippen LogP contribution in [0.1, 0.15) is 44.9 Å². The van der Waals surface area contributed by atoms with Crippen molar-refractivity contribution in [2.75, 3.05) is 23.3 Å². The Bertz CT molecular complexity index is 503. The minimum absolute atomic E-state index is 0.0271. The summed E-state index contributed by atoms with van der Waals surface area (Å²) < 4.78 is 0. The van der Waals surface area contributed by atoms with Gasteiger partial charge < -0.3 is 16.0 Å². The topological polar surface area (TPSA) is 58.4 Å². The summed E-state index contributed by atoms with van der Waals surface area (Å²) in [5, 5.41) is 3.03. The van der Waals surface area contributed by atoms with Gasteiger partial charge in [-0.3, -0.25) is 4.79 Å². The molecule has 1 saturated heterocycles. The van der Waals surface area contributed by atoms with E-state index < -0.39 is 5.54 Å². The Kier molecular flexibility index (Phi) is 4.15. The Morgan fingerprint density at radius 1 is 1.10 bits per heavy atom. The second-order valence-electron chi connectivity index (χ2n) is 6.42. The van der Waals surface area contributed by atoms with E-state index in [0.717, 1.165) is 44.5 Å². The Morgan fingerprint density at radius 2 is 1.81 bits per heavy atom. The molecule has 1 aliphatic heterocycles. The molecule has 21 heavy (non-hydrogen) atoms. The highest BCUT2D eigenvalue weighted by molar-refractivity contribution is 5.98. The number of hydrogen-bond acceptors (Lipinski definition) is 3. The standard InChI is InChI=1S/C17H25N3O/c18-17(9-2-1-3-10-17)16(21)19-14-7-6-8-15(13-14)20-11-4-5-12-20/h6-8,13H,1-5,9-12,18H2,(H,19,21). The number of nitrogens with one attached hydrogen (secondary N) is 1. The van der Waals surface area contributed by atoms with Crippen molar-refractivity contribution in [3.8, 4) is 0 Å². The van der Waals surface area contributed by atoms with Gasteiger partial charge in [-0.05, 0) is 43.9 Å². The Balaban J connectivity index is 1.69. The third-order valence-corrected chi connectivity index (χ3v) is 4.77. The second-order valence-corrected chi connectivity index (χ2v) is 6.42. The van der Waals surface area contributed by atoms with E-state index in [1.54, 1.807) is 0 Å². The predicted molar refractivity (Wildman–Crippen MR) is 86.5 cm³/mol. The van der Waals surface area contributed by atoms with E-state index in [2.05, 4.69) is 22.3 Å². The van der Waals surface area contributed by atoms with E-state index in [0.29, 0.717) is 0 Å². The van der Waals surface area contributed by atoms with Crippen molar-refractivity contribution in [3.63, 3.8) is 0 Å². The van der Waals surface area contributed by atoms with Gasteiger partial charge in [-0.2, -0.15) is 0 Å². The lowest BCUT2D eigenvalue weighted by molar-refractivity contribution is -0.122. The van der Waals surface area contributed by atoms with Crippen LogP contribution in [0.15, 0.2) is 24.3 Å². The first kappa shape index (κ1) is 14.4. The van der Waals surface area contributed by atoms with Crippen molar-refractivity contribution < 1.29 is 4.79 Å². The summed E-state index contributed by atoms with van der Waals surface area (Å²) in [6, 6.07) is 8.13. The molecule has 0 atom stereocenters. The van der Waals surface area contributed by atoms with Gasteiger partial charge in [0.2, 0.25) is 5.91 Å². The molecule has 4 heteroatoms. The molecule has 1 aromatic carbocycles. The van der Waals surface area contributed by atoms with Crippen LogP contribution in [-0.2, 0) is 4.79 Å². The quantitative estimate of drug-likeness (QED) is 0.898. The van der Waals surface area contributed by atoms with E-state index in [-0.39, 0.29) is 5.91 Å². The van der Waals surface area contributed by atoms with E-state index in [1.165, 1.54) is 24.9 Å². The lowest BCUT2D eigenvalue weighted by Crippen LogP contribution is -2.52. The minimum atomic E-state index is -0.679. The maximum Gasteiger partial charge on any atom is 0.244 e. The summed E-state index contributed by atoms with van der Waals surface area (Å²) in [4.78, 5) is 14.8. The molecule has 0 radical (unpaired) electrons. The molecular weight excluding hydrogens is 262 g/mol. The van der Waals surface area contributed by atoms with Crippen molar-refractivity contribution in [1.29, 1.82) is 0 Å². The van der Waals surface area contributed by atoms with Crippen LogP contribution in [0.4, 0.5) is 11.4 Å². The molecule has 4 nitrogen and oxygen atoms in total. The summed E-state index contributed by atoms with van der Waals surface area (Å²) in [5.41, 5.74) is 7.66. The molecule has 0 spiro atoms. The van der Waals surface area contributed by atoms with Crippen LogP contribution in [0.3, 0.4) is 0 Å². The molecule has 1 amide bonds. The van der Waals surface area contributed by atoms with Crippen LogP contribution in [0.5, 0.6) is 0 Å². The lowest BCUT2D eigenvalue weighted by atomic mass is 9.82. The number of nitrogens with zero attached hydrogens (tertiary/aromatic N) is 1. The molecular formula is C17H25N3O. The average Bonchev–Trinajstić information content (AvgIpc) is 3.02. The molecule has 1 aliphatic carbocycles. The van der Waals surface area contributed by atoms with Gasteiger partial charge in [0.1, 0.15) is 0 Å². The Morgan fingerprint density at radius 3 is 2.52 bits per heavy atom. The molecule has 3 rings (SSSR count). The molecule has 0 bridgehead atoms. The summed E-state index contributed by atoms with van der Waals surface area (Å²) in [5.74, 6) is -0.0271. The summed E-state index contributed by atoms with van der Waals surface area (Å²) in [6.45, 7) is 2.22. The molecule has 2 aliphatic rings. The molecule has 3 N–H and O–H groups in total. The van der Waals surface area contributed by atoms with Crippen LogP contribution in [0.2, 0.25) is 0 Å². The zero-order chi connectivity index (χ0) is 14.7. The zero-order valence-corrected chi connectivity index (χ0v) is 12.6. The van der Waals surface area contributed by atoms with Gasteiger partial charge in [0, 0.05) is 24.5 Å². The monoisotopic (exact) mass is 287 g/mol. The van der Waals surface area contributed by atoms with Gasteiger partial charge >= 0.3 is 0 Å². The first-order valence-electron chi connectivity index (χ1n) is 8.13. The van der Waals surface area contributed by atoms with Crippen LogP contribution in [0.25, 0.3) is 0 Å². The summed E-state index contributed by atoms with van der Waals surface area (Å²) >= 11 is 0. The highest BCUT2D eigenvalue weighted by Gasteiger charge is 2.35.